The van der Waals surface area contributed by atoms with Crippen LogP contribution in [0.15, 0.2) is 6.07 Å². The van der Waals surface area contributed by atoms with E-state index < -0.39 is 0 Å². The highest BCUT2D eigenvalue weighted by molar-refractivity contribution is 5.49. The first-order chi connectivity index (χ1) is 8.76. The van der Waals surface area contributed by atoms with Crippen molar-refractivity contribution in [3.63, 3.8) is 0 Å². The molecule has 0 aromatic carbocycles. The molecule has 6 heteroatoms. The summed E-state index contributed by atoms with van der Waals surface area (Å²) in [7, 11) is 0. The summed E-state index contributed by atoms with van der Waals surface area (Å²) in [5, 5.41) is 9.27. The molecule has 2 rings (SSSR count). The van der Waals surface area contributed by atoms with Crippen LogP contribution in [0.25, 0.3) is 0 Å². The van der Waals surface area contributed by atoms with Gasteiger partial charge in [0, 0.05) is 32.2 Å². The molecule has 2 heterocycles. The van der Waals surface area contributed by atoms with Crippen LogP contribution >= 0.6 is 0 Å². The van der Waals surface area contributed by atoms with Crippen molar-refractivity contribution in [3.8, 4) is 0 Å². The van der Waals surface area contributed by atoms with Gasteiger partial charge in [-0.15, -0.1) is 0 Å². The van der Waals surface area contributed by atoms with E-state index in [-0.39, 0.29) is 6.61 Å². The second-order valence-corrected chi connectivity index (χ2v) is 4.66. The number of piperidine rings is 1. The minimum atomic E-state index is 0.240. The molecule has 1 unspecified atom stereocenters. The van der Waals surface area contributed by atoms with Crippen molar-refractivity contribution in [2.75, 3.05) is 30.0 Å². The molecule has 18 heavy (non-hydrogen) atoms. The van der Waals surface area contributed by atoms with Gasteiger partial charge in [0.1, 0.15) is 17.5 Å². The molecule has 100 valence electrons. The van der Waals surface area contributed by atoms with Crippen LogP contribution in [-0.4, -0.2) is 34.8 Å². The lowest BCUT2D eigenvalue weighted by atomic mass is 9.99. The number of nitrogens with two attached hydrogens (primary N) is 1. The third-order valence-corrected chi connectivity index (χ3v) is 3.32. The van der Waals surface area contributed by atoms with Gasteiger partial charge in [0.2, 0.25) is 0 Å². The molecule has 0 radical (unpaired) electrons. The van der Waals surface area contributed by atoms with Crippen LogP contribution in [0, 0.1) is 5.92 Å². The smallest absolute Gasteiger partial charge is 0.145 e. The number of aliphatic hydroxyl groups is 1. The van der Waals surface area contributed by atoms with Crippen LogP contribution in [-0.2, 0) is 6.42 Å². The number of anilines is 2. The van der Waals surface area contributed by atoms with Gasteiger partial charge in [0.15, 0.2) is 0 Å². The number of nitrogens with one attached hydrogen (secondary N) is 1. The van der Waals surface area contributed by atoms with Crippen LogP contribution in [0.5, 0.6) is 0 Å². The Kier molecular flexibility index (Phi) is 4.33. The van der Waals surface area contributed by atoms with Gasteiger partial charge in [-0.2, -0.15) is 0 Å². The third-order valence-electron chi connectivity index (χ3n) is 3.32. The molecule has 1 fully saturated rings. The molecule has 1 atom stereocenters. The molecule has 0 aliphatic carbocycles. The van der Waals surface area contributed by atoms with E-state index in [1.165, 1.54) is 0 Å². The predicted molar refractivity (Wildman–Crippen MR) is 71.2 cm³/mol. The van der Waals surface area contributed by atoms with E-state index >= 15 is 0 Å². The van der Waals surface area contributed by atoms with Gasteiger partial charge in [-0.1, -0.05) is 6.92 Å². The summed E-state index contributed by atoms with van der Waals surface area (Å²) in [4.78, 5) is 11.0. The number of hydrogen-bond acceptors (Lipinski definition) is 6. The second-order valence-electron chi connectivity index (χ2n) is 4.66. The van der Waals surface area contributed by atoms with E-state index in [1.807, 2.05) is 13.0 Å². The molecule has 1 saturated heterocycles. The van der Waals surface area contributed by atoms with Gasteiger partial charge in [-0.05, 0) is 18.8 Å². The molecule has 1 aliphatic heterocycles. The largest absolute Gasteiger partial charge is 0.396 e. The van der Waals surface area contributed by atoms with Crippen molar-refractivity contribution in [3.05, 3.63) is 11.9 Å². The summed E-state index contributed by atoms with van der Waals surface area (Å²) in [6.07, 6.45) is 2.95. The second kappa shape index (κ2) is 5.97. The van der Waals surface area contributed by atoms with Crippen molar-refractivity contribution < 1.29 is 5.11 Å². The lowest BCUT2D eigenvalue weighted by molar-refractivity contribution is 0.208. The maximum atomic E-state index is 9.27. The lowest BCUT2D eigenvalue weighted by Crippen LogP contribution is -2.37. The van der Waals surface area contributed by atoms with Gasteiger partial charge >= 0.3 is 0 Å². The third kappa shape index (κ3) is 2.88. The van der Waals surface area contributed by atoms with E-state index in [9.17, 15) is 5.11 Å². The number of hydrogen-bond donors (Lipinski definition) is 3. The van der Waals surface area contributed by atoms with E-state index in [0.717, 1.165) is 44.0 Å². The Balaban J connectivity index is 2.20. The molecule has 1 aromatic rings. The minimum Gasteiger partial charge on any atom is -0.396 e. The van der Waals surface area contributed by atoms with E-state index in [4.69, 9.17) is 5.84 Å². The Morgan fingerprint density at radius 3 is 3.06 bits per heavy atom. The van der Waals surface area contributed by atoms with Gasteiger partial charge < -0.3 is 15.4 Å². The van der Waals surface area contributed by atoms with Crippen LogP contribution in [0.3, 0.4) is 0 Å². The number of hydrazine groups is 1. The zero-order valence-corrected chi connectivity index (χ0v) is 10.8. The summed E-state index contributed by atoms with van der Waals surface area (Å²) in [6, 6.07) is 1.86. The Morgan fingerprint density at radius 1 is 1.56 bits per heavy atom. The normalized spacial score (nSPS) is 19.9. The fourth-order valence-corrected chi connectivity index (χ4v) is 2.30. The quantitative estimate of drug-likeness (QED) is 0.534. The Bertz CT molecular complexity index is 376. The SMILES string of the molecule is CCc1nc(NN)cc(N2CCCC(CO)C2)n1. The summed E-state index contributed by atoms with van der Waals surface area (Å²) in [6.45, 7) is 4.08. The first-order valence-corrected chi connectivity index (χ1v) is 6.47. The van der Waals surface area contributed by atoms with Crippen molar-refractivity contribution in [1.82, 2.24) is 9.97 Å². The molecular weight excluding hydrogens is 230 g/mol. The van der Waals surface area contributed by atoms with Gasteiger partial charge in [-0.3, -0.25) is 0 Å². The van der Waals surface area contributed by atoms with Gasteiger partial charge in [0.25, 0.3) is 0 Å². The van der Waals surface area contributed by atoms with Crippen molar-refractivity contribution in [1.29, 1.82) is 0 Å². The Hall–Kier alpha value is -1.40. The molecule has 0 saturated carbocycles. The fourth-order valence-electron chi connectivity index (χ4n) is 2.30. The molecule has 1 aliphatic rings. The number of rotatable bonds is 4. The first-order valence-electron chi connectivity index (χ1n) is 6.47. The van der Waals surface area contributed by atoms with Crippen LogP contribution in [0.2, 0.25) is 0 Å². The van der Waals surface area contributed by atoms with Crippen LogP contribution in [0.1, 0.15) is 25.6 Å². The van der Waals surface area contributed by atoms with Crippen molar-refractivity contribution >= 4 is 11.6 Å². The fraction of sp³-hybridized carbons (Fsp3) is 0.667. The number of aromatic nitrogens is 2. The molecule has 4 N–H and O–H groups in total. The molecule has 6 nitrogen and oxygen atoms in total. The summed E-state index contributed by atoms with van der Waals surface area (Å²) in [5.41, 5.74) is 2.58. The average molecular weight is 251 g/mol. The summed E-state index contributed by atoms with van der Waals surface area (Å²) >= 11 is 0. The number of nitrogen functional groups attached to an aromatic ring is 1. The van der Waals surface area contributed by atoms with Crippen LogP contribution < -0.4 is 16.2 Å². The molecule has 0 amide bonds. The first kappa shape index (κ1) is 13.0. The van der Waals surface area contributed by atoms with E-state index in [1.54, 1.807) is 0 Å². The molecule has 0 bridgehead atoms. The average Bonchev–Trinajstić information content (AvgIpc) is 2.46. The monoisotopic (exact) mass is 251 g/mol. The maximum Gasteiger partial charge on any atom is 0.145 e. The van der Waals surface area contributed by atoms with Crippen LogP contribution in [0.4, 0.5) is 11.6 Å². The highest BCUT2D eigenvalue weighted by atomic mass is 16.3. The van der Waals surface area contributed by atoms with Gasteiger partial charge in [0.05, 0.1) is 0 Å². The number of aliphatic hydroxyl groups excluding tert-OH is 1. The highest BCUT2D eigenvalue weighted by Crippen LogP contribution is 2.23. The zero-order valence-electron chi connectivity index (χ0n) is 10.8. The molecule has 0 spiro atoms. The predicted octanol–water partition coefficient (Wildman–Crippen LogP) is 0.533. The Morgan fingerprint density at radius 2 is 2.39 bits per heavy atom. The highest BCUT2D eigenvalue weighted by Gasteiger charge is 2.21. The number of nitrogens with zero attached hydrogens (tertiary/aromatic N) is 3. The van der Waals surface area contributed by atoms with Crippen molar-refractivity contribution in [2.24, 2.45) is 11.8 Å². The maximum absolute atomic E-state index is 9.27. The van der Waals surface area contributed by atoms with E-state index in [2.05, 4.69) is 20.3 Å². The standard InChI is InChI=1S/C12H21N5O/c1-2-10-14-11(16-13)6-12(15-10)17-5-3-4-9(7-17)8-18/h6,9,18H,2-5,7-8,13H2,1H3,(H,14,15,16). The van der Waals surface area contributed by atoms with Gasteiger partial charge in [-0.25, -0.2) is 15.8 Å². The molecular formula is C12H21N5O. The lowest BCUT2D eigenvalue weighted by Gasteiger charge is -2.33. The summed E-state index contributed by atoms with van der Waals surface area (Å²) < 4.78 is 0. The zero-order chi connectivity index (χ0) is 13.0. The number of aryl methyl sites for hydroxylation is 1. The van der Waals surface area contributed by atoms with Crippen molar-refractivity contribution in [2.45, 2.75) is 26.2 Å². The van der Waals surface area contributed by atoms with E-state index in [0.29, 0.717) is 11.7 Å². The summed E-state index contributed by atoms with van der Waals surface area (Å²) in [5.74, 6) is 8.09. The molecule has 1 aromatic heterocycles. The minimum absolute atomic E-state index is 0.240. The topological polar surface area (TPSA) is 87.3 Å². The Labute approximate surface area is 107 Å².